The number of rotatable bonds is 3. The lowest BCUT2D eigenvalue weighted by Crippen LogP contribution is -2.23. The van der Waals surface area contributed by atoms with Crippen molar-refractivity contribution in [3.63, 3.8) is 0 Å². The molecule has 1 heterocycles. The summed E-state index contributed by atoms with van der Waals surface area (Å²) in [5, 5.41) is 4.40. The molecule has 0 bridgehead atoms. The van der Waals surface area contributed by atoms with E-state index >= 15 is 0 Å². The Hall–Kier alpha value is -0.340. The van der Waals surface area contributed by atoms with Gasteiger partial charge < -0.3 is 0 Å². The lowest BCUT2D eigenvalue weighted by molar-refractivity contribution is 0.280. The van der Waals surface area contributed by atoms with E-state index in [1.165, 1.54) is 12.0 Å². The molecule has 2 rings (SSSR count). The SMILES string of the molecule is CN(Cc1ccsc1)C1CC1(C)C. The number of thiophene rings is 1. The standard InChI is InChI=1S/C11H17NS/c1-11(2)6-10(11)12(3)7-9-4-5-13-8-9/h4-5,8,10H,6-7H2,1-3H3. The second-order valence-electron chi connectivity index (χ2n) is 4.76. The van der Waals surface area contributed by atoms with Gasteiger partial charge in [0.2, 0.25) is 0 Å². The van der Waals surface area contributed by atoms with Crippen LogP contribution in [0.2, 0.25) is 0 Å². The molecular weight excluding hydrogens is 178 g/mol. The van der Waals surface area contributed by atoms with Crippen LogP contribution in [0.5, 0.6) is 0 Å². The molecule has 0 saturated heterocycles. The first-order chi connectivity index (χ1) is 6.09. The van der Waals surface area contributed by atoms with E-state index in [1.54, 1.807) is 11.3 Å². The van der Waals surface area contributed by atoms with Gasteiger partial charge in [0.1, 0.15) is 0 Å². The highest BCUT2D eigenvalue weighted by atomic mass is 32.1. The van der Waals surface area contributed by atoms with E-state index < -0.39 is 0 Å². The first-order valence-electron chi connectivity index (χ1n) is 4.81. The van der Waals surface area contributed by atoms with Crippen LogP contribution in [0.25, 0.3) is 0 Å². The van der Waals surface area contributed by atoms with Gasteiger partial charge in [-0.2, -0.15) is 11.3 Å². The molecule has 1 nitrogen and oxygen atoms in total. The number of nitrogens with zero attached hydrogens (tertiary/aromatic N) is 1. The van der Waals surface area contributed by atoms with Crippen LogP contribution in [0.4, 0.5) is 0 Å². The smallest absolute Gasteiger partial charge is 0.0242 e. The topological polar surface area (TPSA) is 3.24 Å². The molecule has 0 radical (unpaired) electrons. The molecule has 0 spiro atoms. The molecule has 1 saturated carbocycles. The molecule has 1 atom stereocenters. The molecule has 1 fully saturated rings. The van der Waals surface area contributed by atoms with Gasteiger partial charge in [-0.05, 0) is 41.3 Å². The second kappa shape index (κ2) is 3.10. The largest absolute Gasteiger partial charge is 0.299 e. The summed E-state index contributed by atoms with van der Waals surface area (Å²) in [4.78, 5) is 2.47. The highest BCUT2D eigenvalue weighted by Crippen LogP contribution is 2.48. The second-order valence-corrected chi connectivity index (χ2v) is 5.54. The molecule has 2 heteroatoms. The van der Waals surface area contributed by atoms with Crippen molar-refractivity contribution in [2.24, 2.45) is 5.41 Å². The van der Waals surface area contributed by atoms with Crippen LogP contribution in [-0.4, -0.2) is 18.0 Å². The fraction of sp³-hybridized carbons (Fsp3) is 0.636. The molecule has 0 N–H and O–H groups in total. The normalized spacial score (nSPS) is 25.1. The van der Waals surface area contributed by atoms with Gasteiger partial charge in [0, 0.05) is 12.6 Å². The average molecular weight is 195 g/mol. The van der Waals surface area contributed by atoms with Gasteiger partial charge in [-0.3, -0.25) is 4.90 Å². The Morgan fingerprint density at radius 3 is 2.77 bits per heavy atom. The molecule has 0 amide bonds. The Morgan fingerprint density at radius 1 is 1.62 bits per heavy atom. The van der Waals surface area contributed by atoms with E-state index in [-0.39, 0.29) is 0 Å². The van der Waals surface area contributed by atoms with E-state index in [2.05, 4.69) is 42.6 Å². The summed E-state index contributed by atoms with van der Waals surface area (Å²) in [6, 6.07) is 3.02. The summed E-state index contributed by atoms with van der Waals surface area (Å²) in [5.74, 6) is 0. The molecule has 1 unspecified atom stereocenters. The maximum absolute atomic E-state index is 2.47. The minimum Gasteiger partial charge on any atom is -0.299 e. The highest BCUT2D eigenvalue weighted by Gasteiger charge is 2.47. The number of hydrogen-bond donors (Lipinski definition) is 0. The molecule has 0 aromatic carbocycles. The zero-order valence-corrected chi connectivity index (χ0v) is 9.40. The quantitative estimate of drug-likeness (QED) is 0.716. The van der Waals surface area contributed by atoms with Crippen molar-refractivity contribution in [3.05, 3.63) is 22.4 Å². The zero-order chi connectivity index (χ0) is 9.47. The van der Waals surface area contributed by atoms with E-state index in [4.69, 9.17) is 0 Å². The Balaban J connectivity index is 1.90. The van der Waals surface area contributed by atoms with Crippen molar-refractivity contribution < 1.29 is 0 Å². The maximum atomic E-state index is 2.47. The Bertz CT molecular complexity index is 276. The molecule has 1 aromatic heterocycles. The summed E-state index contributed by atoms with van der Waals surface area (Å²) in [5.41, 5.74) is 2.01. The predicted molar refractivity (Wildman–Crippen MR) is 58.0 cm³/mol. The molecule has 13 heavy (non-hydrogen) atoms. The first-order valence-corrected chi connectivity index (χ1v) is 5.75. The van der Waals surface area contributed by atoms with Crippen LogP contribution in [0.1, 0.15) is 25.8 Å². The summed E-state index contributed by atoms with van der Waals surface area (Å²) in [6.07, 6.45) is 1.35. The third-order valence-corrected chi connectivity index (χ3v) is 3.74. The van der Waals surface area contributed by atoms with Gasteiger partial charge in [0.25, 0.3) is 0 Å². The first kappa shape index (κ1) is 9.22. The van der Waals surface area contributed by atoms with E-state index in [0.29, 0.717) is 5.41 Å². The predicted octanol–water partition coefficient (Wildman–Crippen LogP) is 2.98. The fourth-order valence-corrected chi connectivity index (χ4v) is 2.63. The van der Waals surface area contributed by atoms with Crippen molar-refractivity contribution in [1.29, 1.82) is 0 Å². The Morgan fingerprint density at radius 2 is 2.31 bits per heavy atom. The van der Waals surface area contributed by atoms with Crippen LogP contribution in [0.3, 0.4) is 0 Å². The van der Waals surface area contributed by atoms with E-state index in [1.807, 2.05) is 0 Å². The Labute approximate surface area is 84.4 Å². The third-order valence-electron chi connectivity index (χ3n) is 3.01. The van der Waals surface area contributed by atoms with Crippen molar-refractivity contribution >= 4 is 11.3 Å². The summed E-state index contributed by atoms with van der Waals surface area (Å²) >= 11 is 1.79. The summed E-state index contributed by atoms with van der Waals surface area (Å²) in [6.45, 7) is 5.81. The van der Waals surface area contributed by atoms with Gasteiger partial charge in [0.15, 0.2) is 0 Å². The minimum atomic E-state index is 0.560. The van der Waals surface area contributed by atoms with Crippen molar-refractivity contribution in [2.45, 2.75) is 32.9 Å². The summed E-state index contributed by atoms with van der Waals surface area (Å²) in [7, 11) is 2.23. The Kier molecular flexibility index (Phi) is 2.20. The van der Waals surface area contributed by atoms with E-state index in [9.17, 15) is 0 Å². The monoisotopic (exact) mass is 195 g/mol. The maximum Gasteiger partial charge on any atom is 0.0242 e. The molecule has 0 aliphatic heterocycles. The molecular formula is C11H17NS. The van der Waals surface area contributed by atoms with Crippen LogP contribution in [-0.2, 0) is 6.54 Å². The van der Waals surface area contributed by atoms with E-state index in [0.717, 1.165) is 12.6 Å². The highest BCUT2D eigenvalue weighted by molar-refractivity contribution is 7.07. The van der Waals surface area contributed by atoms with Gasteiger partial charge in [0.05, 0.1) is 0 Å². The van der Waals surface area contributed by atoms with Crippen molar-refractivity contribution in [2.75, 3.05) is 7.05 Å². The molecule has 1 aliphatic rings. The lowest BCUT2D eigenvalue weighted by Gasteiger charge is -2.17. The van der Waals surface area contributed by atoms with Crippen molar-refractivity contribution in [1.82, 2.24) is 4.90 Å². The number of hydrogen-bond acceptors (Lipinski definition) is 2. The minimum absolute atomic E-state index is 0.560. The van der Waals surface area contributed by atoms with Crippen LogP contribution in [0, 0.1) is 5.41 Å². The van der Waals surface area contributed by atoms with Gasteiger partial charge in [-0.15, -0.1) is 0 Å². The van der Waals surface area contributed by atoms with Crippen LogP contribution >= 0.6 is 11.3 Å². The average Bonchev–Trinajstić information content (AvgIpc) is 2.49. The fourth-order valence-electron chi connectivity index (χ4n) is 1.97. The van der Waals surface area contributed by atoms with Gasteiger partial charge >= 0.3 is 0 Å². The lowest BCUT2D eigenvalue weighted by atomic mass is 10.2. The molecule has 72 valence electrons. The van der Waals surface area contributed by atoms with Crippen LogP contribution in [0.15, 0.2) is 16.8 Å². The third kappa shape index (κ3) is 1.94. The van der Waals surface area contributed by atoms with Crippen LogP contribution < -0.4 is 0 Å². The molecule has 1 aliphatic carbocycles. The van der Waals surface area contributed by atoms with Gasteiger partial charge in [-0.25, -0.2) is 0 Å². The van der Waals surface area contributed by atoms with Gasteiger partial charge in [-0.1, -0.05) is 13.8 Å². The zero-order valence-electron chi connectivity index (χ0n) is 8.58. The van der Waals surface area contributed by atoms with Crippen molar-refractivity contribution in [3.8, 4) is 0 Å². The summed E-state index contributed by atoms with van der Waals surface area (Å²) < 4.78 is 0. The molecule has 1 aromatic rings.